The second kappa shape index (κ2) is 7.63. The van der Waals surface area contributed by atoms with Crippen molar-refractivity contribution in [1.82, 2.24) is 15.1 Å². The van der Waals surface area contributed by atoms with Gasteiger partial charge in [-0.25, -0.2) is 13.9 Å². The number of ether oxygens (including phenoxy) is 1. The second-order valence-corrected chi connectivity index (χ2v) is 5.23. The zero-order chi connectivity index (χ0) is 17.6. The van der Waals surface area contributed by atoms with Crippen molar-refractivity contribution in [1.29, 1.82) is 0 Å². The molecular formula is C17H17FN4O3. The van der Waals surface area contributed by atoms with E-state index in [0.29, 0.717) is 11.4 Å². The normalized spacial score (nSPS) is 11.9. The Kier molecular flexibility index (Phi) is 5.10. The number of methoxy groups -OCH3 is 1. The molecule has 2 N–H and O–H groups in total. The lowest BCUT2D eigenvalue weighted by Crippen LogP contribution is -2.34. The Morgan fingerprint density at radius 3 is 2.96 bits per heavy atom. The smallest absolute Gasteiger partial charge is 0.319 e. The summed E-state index contributed by atoms with van der Waals surface area (Å²) in [4.78, 5) is 12.4. The van der Waals surface area contributed by atoms with Gasteiger partial charge in [0.25, 0.3) is 0 Å². The number of aromatic nitrogens is 2. The minimum Gasteiger partial charge on any atom is -0.467 e. The minimum atomic E-state index is -0.516. The van der Waals surface area contributed by atoms with E-state index in [0.717, 1.165) is 0 Å². The highest BCUT2D eigenvalue weighted by atomic mass is 19.1. The Morgan fingerprint density at radius 1 is 1.40 bits per heavy atom. The molecule has 2 aromatic heterocycles. The average molecular weight is 344 g/mol. The lowest BCUT2D eigenvalue weighted by atomic mass is 10.2. The molecule has 0 fully saturated rings. The SMILES string of the molecule is COC[C@H](NC(=O)Nc1cc(F)ccc1-n1cccn1)c1ccco1. The predicted octanol–water partition coefficient (Wildman–Crippen LogP) is 3.11. The molecule has 3 rings (SSSR count). The molecular weight excluding hydrogens is 327 g/mol. The number of urea groups is 1. The monoisotopic (exact) mass is 344 g/mol. The van der Waals surface area contributed by atoms with Gasteiger partial charge in [-0.15, -0.1) is 0 Å². The van der Waals surface area contributed by atoms with E-state index in [4.69, 9.17) is 9.15 Å². The van der Waals surface area contributed by atoms with Crippen LogP contribution in [-0.2, 0) is 4.74 Å². The zero-order valence-electron chi connectivity index (χ0n) is 13.5. The van der Waals surface area contributed by atoms with Crippen LogP contribution in [-0.4, -0.2) is 29.5 Å². The standard InChI is InChI=1S/C17H17FN4O3/c1-24-11-14(16-4-2-9-25-16)21-17(23)20-13-10-12(18)5-6-15(13)22-8-3-7-19-22/h2-10,14H,11H2,1H3,(H2,20,21,23)/t14-/m0/s1. The van der Waals surface area contributed by atoms with Crippen molar-refractivity contribution in [2.75, 3.05) is 19.0 Å². The minimum absolute atomic E-state index is 0.232. The molecule has 130 valence electrons. The molecule has 8 heteroatoms. The number of carbonyl (C=O) groups is 1. The van der Waals surface area contributed by atoms with E-state index in [1.165, 1.54) is 36.3 Å². The quantitative estimate of drug-likeness (QED) is 0.720. The van der Waals surface area contributed by atoms with Gasteiger partial charge in [-0.1, -0.05) is 0 Å². The summed E-state index contributed by atoms with van der Waals surface area (Å²) in [6.07, 6.45) is 4.81. The van der Waals surface area contributed by atoms with Gasteiger partial charge in [-0.3, -0.25) is 0 Å². The summed E-state index contributed by atoms with van der Waals surface area (Å²) in [6.45, 7) is 0.232. The van der Waals surface area contributed by atoms with Crippen LogP contribution in [0.3, 0.4) is 0 Å². The van der Waals surface area contributed by atoms with E-state index in [-0.39, 0.29) is 12.3 Å². The second-order valence-electron chi connectivity index (χ2n) is 5.23. The number of benzene rings is 1. The molecule has 0 aliphatic carbocycles. The molecule has 3 aromatic rings. The van der Waals surface area contributed by atoms with Crippen LogP contribution in [0, 0.1) is 5.82 Å². The summed E-state index contributed by atoms with van der Waals surface area (Å²) >= 11 is 0. The summed E-state index contributed by atoms with van der Waals surface area (Å²) in [5, 5.41) is 9.48. The van der Waals surface area contributed by atoms with Crippen LogP contribution >= 0.6 is 0 Å². The van der Waals surface area contributed by atoms with Gasteiger partial charge in [-0.2, -0.15) is 5.10 Å². The van der Waals surface area contributed by atoms with Gasteiger partial charge in [0.05, 0.1) is 24.2 Å². The van der Waals surface area contributed by atoms with Crippen molar-refractivity contribution >= 4 is 11.7 Å². The van der Waals surface area contributed by atoms with Crippen LogP contribution in [0.4, 0.5) is 14.9 Å². The number of carbonyl (C=O) groups excluding carboxylic acids is 1. The largest absolute Gasteiger partial charge is 0.467 e. The topological polar surface area (TPSA) is 81.3 Å². The van der Waals surface area contributed by atoms with Crippen LogP contribution in [0.25, 0.3) is 5.69 Å². The first-order chi connectivity index (χ1) is 12.2. The van der Waals surface area contributed by atoms with Gasteiger partial charge in [-0.05, 0) is 36.4 Å². The maximum atomic E-state index is 13.6. The molecule has 0 radical (unpaired) electrons. The molecule has 0 spiro atoms. The van der Waals surface area contributed by atoms with Crippen LogP contribution in [0.5, 0.6) is 0 Å². The van der Waals surface area contributed by atoms with Crippen molar-refractivity contribution in [2.45, 2.75) is 6.04 Å². The first-order valence-electron chi connectivity index (χ1n) is 7.57. The number of rotatable bonds is 6. The Balaban J connectivity index is 1.77. The summed E-state index contributed by atoms with van der Waals surface area (Å²) < 4.78 is 25.6. The Morgan fingerprint density at radius 2 is 2.28 bits per heavy atom. The number of anilines is 1. The number of furan rings is 1. The number of amides is 2. The number of nitrogens with zero attached hydrogens (tertiary/aromatic N) is 2. The molecule has 1 aromatic carbocycles. The molecule has 2 amide bonds. The highest BCUT2D eigenvalue weighted by Crippen LogP contribution is 2.21. The molecule has 7 nitrogen and oxygen atoms in total. The molecule has 0 saturated heterocycles. The molecule has 1 atom stereocenters. The highest BCUT2D eigenvalue weighted by molar-refractivity contribution is 5.91. The molecule has 0 aliphatic rings. The summed E-state index contributed by atoms with van der Waals surface area (Å²) in [5.74, 6) is 0.0919. The van der Waals surface area contributed by atoms with Gasteiger partial charge in [0, 0.05) is 19.5 Å². The van der Waals surface area contributed by atoms with Crippen molar-refractivity contribution in [3.8, 4) is 5.69 Å². The zero-order valence-corrected chi connectivity index (χ0v) is 13.5. The van der Waals surface area contributed by atoms with Crippen LogP contribution in [0.2, 0.25) is 0 Å². The molecule has 2 heterocycles. The lowest BCUT2D eigenvalue weighted by Gasteiger charge is -2.17. The highest BCUT2D eigenvalue weighted by Gasteiger charge is 2.18. The van der Waals surface area contributed by atoms with Gasteiger partial charge < -0.3 is 19.8 Å². The number of nitrogens with one attached hydrogen (secondary N) is 2. The summed E-state index contributed by atoms with van der Waals surface area (Å²) in [6, 6.07) is 8.28. The van der Waals surface area contributed by atoms with E-state index in [1.54, 1.807) is 30.6 Å². The van der Waals surface area contributed by atoms with Crippen LogP contribution in [0.15, 0.2) is 59.5 Å². The van der Waals surface area contributed by atoms with Gasteiger partial charge in [0.15, 0.2) is 0 Å². The maximum Gasteiger partial charge on any atom is 0.319 e. The Hall–Kier alpha value is -3.13. The van der Waals surface area contributed by atoms with Crippen molar-refractivity contribution in [3.63, 3.8) is 0 Å². The van der Waals surface area contributed by atoms with Gasteiger partial charge in [0.2, 0.25) is 0 Å². The van der Waals surface area contributed by atoms with E-state index in [2.05, 4.69) is 15.7 Å². The molecule has 0 aliphatic heterocycles. The average Bonchev–Trinajstić information content (AvgIpc) is 3.28. The van der Waals surface area contributed by atoms with Crippen molar-refractivity contribution in [2.24, 2.45) is 0 Å². The fourth-order valence-electron chi connectivity index (χ4n) is 2.39. The van der Waals surface area contributed by atoms with E-state index >= 15 is 0 Å². The number of halogens is 1. The van der Waals surface area contributed by atoms with Gasteiger partial charge in [0.1, 0.15) is 17.6 Å². The maximum absolute atomic E-state index is 13.6. The molecule has 0 bridgehead atoms. The van der Waals surface area contributed by atoms with E-state index in [9.17, 15) is 9.18 Å². The fourth-order valence-corrected chi connectivity index (χ4v) is 2.39. The lowest BCUT2D eigenvalue weighted by molar-refractivity contribution is 0.159. The van der Waals surface area contributed by atoms with Crippen LogP contribution in [0.1, 0.15) is 11.8 Å². The Bertz CT molecular complexity index is 819. The van der Waals surface area contributed by atoms with Crippen LogP contribution < -0.4 is 10.6 Å². The number of hydrogen-bond donors (Lipinski definition) is 2. The van der Waals surface area contributed by atoms with E-state index < -0.39 is 17.9 Å². The molecule has 0 unspecified atom stereocenters. The summed E-state index contributed by atoms with van der Waals surface area (Å²) in [5.41, 5.74) is 0.833. The molecule has 0 saturated carbocycles. The summed E-state index contributed by atoms with van der Waals surface area (Å²) in [7, 11) is 1.53. The number of hydrogen-bond acceptors (Lipinski definition) is 4. The van der Waals surface area contributed by atoms with Gasteiger partial charge >= 0.3 is 6.03 Å². The van der Waals surface area contributed by atoms with E-state index in [1.807, 2.05) is 0 Å². The van der Waals surface area contributed by atoms with Crippen molar-refractivity contribution in [3.05, 3.63) is 66.6 Å². The fraction of sp³-hybridized carbons (Fsp3) is 0.176. The molecule has 25 heavy (non-hydrogen) atoms. The third-order valence-electron chi connectivity index (χ3n) is 3.48. The third-order valence-corrected chi connectivity index (χ3v) is 3.48. The van der Waals surface area contributed by atoms with Crippen molar-refractivity contribution < 1.29 is 18.3 Å². The first kappa shape index (κ1) is 16.7. The first-order valence-corrected chi connectivity index (χ1v) is 7.57. The Labute approximate surface area is 143 Å². The third kappa shape index (κ3) is 4.04. The predicted molar refractivity (Wildman–Crippen MR) is 89.0 cm³/mol.